The topological polar surface area (TPSA) is 97.4 Å². The zero-order valence-corrected chi connectivity index (χ0v) is 18.2. The van der Waals surface area contributed by atoms with Crippen LogP contribution in [0.15, 0.2) is 42.7 Å². The molecule has 9 heteroatoms. The summed E-state index contributed by atoms with van der Waals surface area (Å²) in [5, 5.41) is 3.37. The Kier molecular flexibility index (Phi) is 5.14. The highest BCUT2D eigenvalue weighted by Gasteiger charge is 2.21. The van der Waals surface area contributed by atoms with E-state index in [1.54, 1.807) is 27.7 Å². The van der Waals surface area contributed by atoms with Crippen LogP contribution in [0.1, 0.15) is 11.1 Å². The Morgan fingerprint density at radius 2 is 1.72 bits per heavy atom. The number of aromatic amines is 1. The Morgan fingerprint density at radius 1 is 0.969 bits per heavy atom. The van der Waals surface area contributed by atoms with Crippen molar-refractivity contribution in [3.05, 3.63) is 53.9 Å². The fourth-order valence-electron chi connectivity index (χ4n) is 4.01. The molecule has 0 saturated carbocycles. The van der Waals surface area contributed by atoms with Gasteiger partial charge in [0.1, 0.15) is 5.52 Å². The number of aromatic nitrogens is 4. The van der Waals surface area contributed by atoms with Crippen molar-refractivity contribution in [2.24, 2.45) is 0 Å². The first-order chi connectivity index (χ1) is 15.7. The van der Waals surface area contributed by atoms with Crippen molar-refractivity contribution in [3.8, 4) is 17.2 Å². The van der Waals surface area contributed by atoms with Crippen LogP contribution in [0, 0.1) is 0 Å². The second-order valence-corrected chi connectivity index (χ2v) is 7.45. The molecule has 3 heterocycles. The first kappa shape index (κ1) is 19.9. The third-order valence-electron chi connectivity index (χ3n) is 5.61. The first-order valence-corrected chi connectivity index (χ1v) is 10.3. The molecule has 0 fully saturated rings. The van der Waals surface area contributed by atoms with E-state index in [0.29, 0.717) is 34.7 Å². The minimum absolute atomic E-state index is 0.530. The molecule has 2 aromatic carbocycles. The number of benzene rings is 2. The maximum Gasteiger partial charge on any atom is 0.229 e. The van der Waals surface area contributed by atoms with Gasteiger partial charge in [0.15, 0.2) is 23.0 Å². The standard InChI is InChI=1S/C23H24N6O3/c1-30-17-10-16(11-18(31-2)20(17)32-3)26-22-19-21(25-13-24-19)27-23(28-22)29-9-8-14-6-4-5-7-15(14)12-29/h4-7,10-11,13H,8-9,12H2,1-3H3,(H2,24,25,26,27,28). The molecule has 2 N–H and O–H groups in total. The van der Waals surface area contributed by atoms with E-state index in [9.17, 15) is 0 Å². The number of anilines is 3. The van der Waals surface area contributed by atoms with Crippen molar-refractivity contribution < 1.29 is 14.2 Å². The van der Waals surface area contributed by atoms with Crippen molar-refractivity contribution in [1.29, 1.82) is 0 Å². The number of nitrogens with zero attached hydrogens (tertiary/aromatic N) is 4. The summed E-state index contributed by atoms with van der Waals surface area (Å²) in [4.78, 5) is 19.2. The second kappa shape index (κ2) is 8.26. The Balaban J connectivity index is 1.52. The lowest BCUT2D eigenvalue weighted by Crippen LogP contribution is -2.31. The molecule has 0 aliphatic carbocycles. The number of hydrogen-bond acceptors (Lipinski definition) is 8. The summed E-state index contributed by atoms with van der Waals surface area (Å²) in [5.41, 5.74) is 4.73. The number of H-pyrrole nitrogens is 1. The number of hydrogen-bond donors (Lipinski definition) is 2. The van der Waals surface area contributed by atoms with E-state index in [4.69, 9.17) is 24.2 Å². The maximum absolute atomic E-state index is 5.48. The largest absolute Gasteiger partial charge is 0.493 e. The minimum atomic E-state index is 0.530. The zero-order chi connectivity index (χ0) is 22.1. The van der Waals surface area contributed by atoms with Gasteiger partial charge in [0, 0.05) is 30.9 Å². The Morgan fingerprint density at radius 3 is 2.44 bits per heavy atom. The van der Waals surface area contributed by atoms with Gasteiger partial charge >= 0.3 is 0 Å². The highest BCUT2D eigenvalue weighted by atomic mass is 16.5. The van der Waals surface area contributed by atoms with E-state index in [-0.39, 0.29) is 0 Å². The van der Waals surface area contributed by atoms with Crippen LogP contribution in [0.5, 0.6) is 17.2 Å². The minimum Gasteiger partial charge on any atom is -0.493 e. The molecular weight excluding hydrogens is 408 g/mol. The molecule has 32 heavy (non-hydrogen) atoms. The van der Waals surface area contributed by atoms with E-state index in [0.717, 1.165) is 30.7 Å². The van der Waals surface area contributed by atoms with Crippen LogP contribution >= 0.6 is 0 Å². The molecular formula is C23H24N6O3. The summed E-state index contributed by atoms with van der Waals surface area (Å²) in [6, 6.07) is 12.2. The highest BCUT2D eigenvalue weighted by molar-refractivity contribution is 5.86. The molecule has 0 spiro atoms. The normalized spacial score (nSPS) is 13.0. The fraction of sp³-hybridized carbons (Fsp3) is 0.261. The Bertz CT molecular complexity index is 1250. The molecule has 0 amide bonds. The molecule has 164 valence electrons. The quantitative estimate of drug-likeness (QED) is 0.476. The lowest BCUT2D eigenvalue weighted by Gasteiger charge is -2.29. The van der Waals surface area contributed by atoms with E-state index in [2.05, 4.69) is 44.5 Å². The van der Waals surface area contributed by atoms with Gasteiger partial charge in [-0.05, 0) is 17.5 Å². The molecule has 5 rings (SSSR count). The Labute approximate surface area is 185 Å². The van der Waals surface area contributed by atoms with E-state index in [1.807, 2.05) is 12.1 Å². The summed E-state index contributed by atoms with van der Waals surface area (Å²) in [6.07, 6.45) is 2.57. The monoisotopic (exact) mass is 432 g/mol. The van der Waals surface area contributed by atoms with Gasteiger partial charge in [-0.3, -0.25) is 0 Å². The molecule has 9 nitrogen and oxygen atoms in total. The van der Waals surface area contributed by atoms with Crippen LogP contribution in [0.2, 0.25) is 0 Å². The number of fused-ring (bicyclic) bond motifs is 2. The summed E-state index contributed by atoms with van der Waals surface area (Å²) >= 11 is 0. The van der Waals surface area contributed by atoms with Crippen molar-refractivity contribution in [1.82, 2.24) is 19.9 Å². The molecule has 0 bridgehead atoms. The number of rotatable bonds is 6. The molecule has 1 aliphatic rings. The van der Waals surface area contributed by atoms with Crippen molar-refractivity contribution in [2.45, 2.75) is 13.0 Å². The average molecular weight is 432 g/mol. The molecule has 2 aromatic heterocycles. The summed E-state index contributed by atoms with van der Waals surface area (Å²) in [5.74, 6) is 2.89. The number of imidazole rings is 1. The maximum atomic E-state index is 5.48. The van der Waals surface area contributed by atoms with Crippen LogP contribution in [-0.2, 0) is 13.0 Å². The van der Waals surface area contributed by atoms with Gasteiger partial charge in [0.25, 0.3) is 0 Å². The van der Waals surface area contributed by atoms with E-state index in [1.165, 1.54) is 11.1 Å². The summed E-state index contributed by atoms with van der Waals surface area (Å²) in [6.45, 7) is 1.60. The molecule has 0 unspecified atom stereocenters. The number of ether oxygens (including phenoxy) is 3. The van der Waals surface area contributed by atoms with Crippen LogP contribution in [0.4, 0.5) is 17.5 Å². The predicted molar refractivity (Wildman–Crippen MR) is 122 cm³/mol. The van der Waals surface area contributed by atoms with Crippen LogP contribution < -0.4 is 24.4 Å². The third kappa shape index (κ3) is 3.51. The van der Waals surface area contributed by atoms with E-state index >= 15 is 0 Å². The predicted octanol–water partition coefficient (Wildman–Crippen LogP) is 3.69. The van der Waals surface area contributed by atoms with Crippen molar-refractivity contribution in [3.63, 3.8) is 0 Å². The second-order valence-electron chi connectivity index (χ2n) is 7.45. The van der Waals surface area contributed by atoms with Gasteiger partial charge < -0.3 is 29.4 Å². The lowest BCUT2D eigenvalue weighted by molar-refractivity contribution is 0.324. The van der Waals surface area contributed by atoms with Gasteiger partial charge in [-0.25, -0.2) is 4.98 Å². The van der Waals surface area contributed by atoms with Crippen LogP contribution in [-0.4, -0.2) is 47.8 Å². The van der Waals surface area contributed by atoms with Gasteiger partial charge in [0.05, 0.1) is 27.7 Å². The summed E-state index contributed by atoms with van der Waals surface area (Å²) in [7, 11) is 4.76. The highest BCUT2D eigenvalue weighted by Crippen LogP contribution is 2.41. The number of nitrogens with one attached hydrogen (secondary N) is 2. The third-order valence-corrected chi connectivity index (χ3v) is 5.61. The molecule has 4 aromatic rings. The number of methoxy groups -OCH3 is 3. The van der Waals surface area contributed by atoms with Gasteiger partial charge in [-0.15, -0.1) is 0 Å². The Hall–Kier alpha value is -4.01. The van der Waals surface area contributed by atoms with Gasteiger partial charge in [-0.1, -0.05) is 24.3 Å². The van der Waals surface area contributed by atoms with Gasteiger partial charge in [-0.2, -0.15) is 9.97 Å². The van der Waals surface area contributed by atoms with Crippen molar-refractivity contribution in [2.75, 3.05) is 38.1 Å². The van der Waals surface area contributed by atoms with Crippen LogP contribution in [0.3, 0.4) is 0 Å². The smallest absolute Gasteiger partial charge is 0.229 e. The fourth-order valence-corrected chi connectivity index (χ4v) is 4.01. The zero-order valence-electron chi connectivity index (χ0n) is 18.2. The lowest BCUT2D eigenvalue weighted by atomic mass is 10.0. The molecule has 0 atom stereocenters. The van der Waals surface area contributed by atoms with Crippen LogP contribution in [0.25, 0.3) is 11.2 Å². The molecule has 0 saturated heterocycles. The summed E-state index contributed by atoms with van der Waals surface area (Å²) < 4.78 is 16.4. The molecule has 0 radical (unpaired) electrons. The first-order valence-electron chi connectivity index (χ1n) is 10.3. The van der Waals surface area contributed by atoms with Crippen molar-refractivity contribution >= 4 is 28.6 Å². The average Bonchev–Trinajstić information content (AvgIpc) is 3.32. The molecule has 1 aliphatic heterocycles. The van der Waals surface area contributed by atoms with Gasteiger partial charge in [0.2, 0.25) is 11.7 Å². The van der Waals surface area contributed by atoms with E-state index < -0.39 is 0 Å². The SMILES string of the molecule is COc1cc(Nc2nc(N3CCc4ccccc4C3)nc3nc[nH]c23)cc(OC)c1OC.